The van der Waals surface area contributed by atoms with Crippen LogP contribution in [0.3, 0.4) is 0 Å². The van der Waals surface area contributed by atoms with Gasteiger partial charge in [-0.3, -0.25) is 0 Å². The van der Waals surface area contributed by atoms with Gasteiger partial charge in [-0.1, -0.05) is 60.6 Å². The van der Waals surface area contributed by atoms with Crippen molar-refractivity contribution >= 4 is 35.2 Å². The molecule has 5 nitrogen and oxygen atoms in total. The summed E-state index contributed by atoms with van der Waals surface area (Å²) >= 11 is 0. The van der Waals surface area contributed by atoms with Crippen molar-refractivity contribution in [3.8, 4) is 11.3 Å². The maximum Gasteiger partial charge on any atom is 0.137 e. The minimum Gasteiger partial charge on any atom is -0.411 e. The smallest absolute Gasteiger partial charge is 0.137 e. The average molecular weight is 397 g/mol. The second-order valence-corrected chi connectivity index (χ2v) is 6.84. The fourth-order valence-corrected chi connectivity index (χ4v) is 3.65. The molecule has 1 saturated heterocycles. The highest BCUT2D eigenvalue weighted by Crippen LogP contribution is 2.30. The van der Waals surface area contributed by atoms with Crippen LogP contribution in [0.15, 0.2) is 59.8 Å². The number of aromatic nitrogens is 1. The van der Waals surface area contributed by atoms with Crippen molar-refractivity contribution in [2.24, 2.45) is 5.16 Å². The molecule has 0 unspecified atom stereocenters. The van der Waals surface area contributed by atoms with Crippen LogP contribution in [0, 0.1) is 0 Å². The minimum atomic E-state index is 0. The van der Waals surface area contributed by atoms with Gasteiger partial charge in [0.15, 0.2) is 0 Å². The molecule has 2 heterocycles. The molecule has 0 spiro atoms. The van der Waals surface area contributed by atoms with Crippen molar-refractivity contribution in [2.75, 3.05) is 37.6 Å². The highest BCUT2D eigenvalue weighted by Gasteiger charge is 2.19. The van der Waals surface area contributed by atoms with Gasteiger partial charge in [-0.15, -0.1) is 12.4 Å². The summed E-state index contributed by atoms with van der Waals surface area (Å²) in [5, 5.41) is 14.2. The van der Waals surface area contributed by atoms with Crippen LogP contribution in [0.4, 0.5) is 5.82 Å². The first-order valence-corrected chi connectivity index (χ1v) is 9.43. The lowest BCUT2D eigenvalue weighted by atomic mass is 10.0. The Morgan fingerprint density at radius 2 is 1.75 bits per heavy atom. The van der Waals surface area contributed by atoms with E-state index < -0.39 is 0 Å². The number of piperazine rings is 1. The molecule has 1 N–H and O–H groups in total. The van der Waals surface area contributed by atoms with Gasteiger partial charge in [0, 0.05) is 37.1 Å². The molecular weight excluding hydrogens is 372 g/mol. The Morgan fingerprint density at radius 3 is 2.43 bits per heavy atom. The Bertz CT molecular complexity index is 950. The number of anilines is 1. The molecular formula is C22H25ClN4O. The zero-order chi connectivity index (χ0) is 18.6. The maximum absolute atomic E-state index is 8.69. The van der Waals surface area contributed by atoms with E-state index in [-0.39, 0.29) is 12.4 Å². The molecule has 0 amide bonds. The van der Waals surface area contributed by atoms with Gasteiger partial charge < -0.3 is 15.0 Å². The van der Waals surface area contributed by atoms with E-state index >= 15 is 0 Å². The summed E-state index contributed by atoms with van der Waals surface area (Å²) in [5.74, 6) is 1.07. The Hall–Kier alpha value is -2.63. The largest absolute Gasteiger partial charge is 0.411 e. The fraction of sp³-hybridized carbons (Fsp3) is 0.273. The molecule has 0 radical (unpaired) electrons. The van der Waals surface area contributed by atoms with Crippen molar-refractivity contribution in [1.29, 1.82) is 0 Å². The standard InChI is InChI=1S/C22H24N4O.ClH/c1-2-25-11-13-26(14-12-25)22-20-6-4-3-5-19(20)15-21(24-22)18-9-7-17(8-10-18)16-23-27;/h3-10,15-16,27H,2,11-14H2,1H3;1H. The second kappa shape index (κ2) is 9.04. The van der Waals surface area contributed by atoms with Crippen molar-refractivity contribution < 1.29 is 5.21 Å². The molecule has 28 heavy (non-hydrogen) atoms. The number of fused-ring (bicyclic) bond motifs is 1. The molecule has 0 aliphatic carbocycles. The minimum absolute atomic E-state index is 0. The Balaban J connectivity index is 0.00000225. The predicted molar refractivity (Wildman–Crippen MR) is 118 cm³/mol. The maximum atomic E-state index is 8.69. The van der Waals surface area contributed by atoms with E-state index in [9.17, 15) is 0 Å². The summed E-state index contributed by atoms with van der Waals surface area (Å²) in [7, 11) is 0. The van der Waals surface area contributed by atoms with E-state index in [0.29, 0.717) is 0 Å². The highest BCUT2D eigenvalue weighted by molar-refractivity contribution is 5.95. The normalized spacial score (nSPS) is 15.1. The molecule has 0 saturated carbocycles. The van der Waals surface area contributed by atoms with E-state index in [4.69, 9.17) is 10.2 Å². The quantitative estimate of drug-likeness (QED) is 0.406. The van der Waals surface area contributed by atoms with E-state index in [0.717, 1.165) is 55.4 Å². The third-order valence-corrected chi connectivity index (χ3v) is 5.25. The van der Waals surface area contributed by atoms with Gasteiger partial charge in [0.25, 0.3) is 0 Å². The summed E-state index contributed by atoms with van der Waals surface area (Å²) in [6, 6.07) is 18.5. The van der Waals surface area contributed by atoms with E-state index in [1.165, 1.54) is 17.0 Å². The van der Waals surface area contributed by atoms with Crippen LogP contribution < -0.4 is 4.90 Å². The number of likely N-dealkylation sites (N-methyl/N-ethyl adjacent to an activating group) is 1. The summed E-state index contributed by atoms with van der Waals surface area (Å²) in [5.41, 5.74) is 2.89. The van der Waals surface area contributed by atoms with Crippen LogP contribution >= 0.6 is 12.4 Å². The first-order chi connectivity index (χ1) is 13.3. The van der Waals surface area contributed by atoms with Gasteiger partial charge in [0.1, 0.15) is 5.82 Å². The van der Waals surface area contributed by atoms with Crippen LogP contribution in [0.5, 0.6) is 0 Å². The first-order valence-electron chi connectivity index (χ1n) is 9.43. The lowest BCUT2D eigenvalue weighted by Crippen LogP contribution is -2.46. The number of nitrogens with zero attached hydrogens (tertiary/aromatic N) is 4. The van der Waals surface area contributed by atoms with Crippen molar-refractivity contribution in [3.63, 3.8) is 0 Å². The number of hydrogen-bond acceptors (Lipinski definition) is 5. The first kappa shape index (κ1) is 20.1. The molecule has 0 atom stereocenters. The number of rotatable bonds is 4. The third-order valence-electron chi connectivity index (χ3n) is 5.25. The third kappa shape index (κ3) is 4.11. The predicted octanol–water partition coefficient (Wildman–Crippen LogP) is 4.27. The topological polar surface area (TPSA) is 52.0 Å². The fourth-order valence-electron chi connectivity index (χ4n) is 3.65. The van der Waals surface area contributed by atoms with Gasteiger partial charge >= 0.3 is 0 Å². The Labute approximate surface area is 171 Å². The van der Waals surface area contributed by atoms with Crippen LogP contribution in [-0.4, -0.2) is 54.0 Å². The highest BCUT2D eigenvalue weighted by atomic mass is 35.5. The van der Waals surface area contributed by atoms with Gasteiger partial charge in [-0.2, -0.15) is 0 Å². The Kier molecular flexibility index (Phi) is 6.49. The number of benzene rings is 2. The molecule has 1 fully saturated rings. The van der Waals surface area contributed by atoms with Crippen molar-refractivity contribution in [3.05, 3.63) is 60.2 Å². The Morgan fingerprint density at radius 1 is 1.04 bits per heavy atom. The van der Waals surface area contributed by atoms with Crippen molar-refractivity contribution in [2.45, 2.75) is 6.92 Å². The van der Waals surface area contributed by atoms with Crippen LogP contribution in [0.1, 0.15) is 12.5 Å². The molecule has 2 aromatic carbocycles. The van der Waals surface area contributed by atoms with Crippen molar-refractivity contribution in [1.82, 2.24) is 9.88 Å². The molecule has 6 heteroatoms. The second-order valence-electron chi connectivity index (χ2n) is 6.84. The number of hydrogen-bond donors (Lipinski definition) is 1. The molecule has 4 rings (SSSR count). The molecule has 1 aliphatic heterocycles. The molecule has 1 aliphatic rings. The summed E-state index contributed by atoms with van der Waals surface area (Å²) in [4.78, 5) is 9.93. The number of halogens is 1. The van der Waals surface area contributed by atoms with E-state index in [1.807, 2.05) is 24.3 Å². The molecule has 0 bridgehead atoms. The average Bonchev–Trinajstić information content (AvgIpc) is 2.74. The zero-order valence-electron chi connectivity index (χ0n) is 16.0. The molecule has 146 valence electrons. The lowest BCUT2D eigenvalue weighted by Gasteiger charge is -2.35. The van der Waals surface area contributed by atoms with Crippen LogP contribution in [0.25, 0.3) is 22.0 Å². The SMILES string of the molecule is CCN1CCN(c2nc(-c3ccc(C=NO)cc3)cc3ccccc23)CC1.Cl. The van der Waals surface area contributed by atoms with Crippen LogP contribution in [-0.2, 0) is 0 Å². The summed E-state index contributed by atoms with van der Waals surface area (Å²) in [6.45, 7) is 7.47. The summed E-state index contributed by atoms with van der Waals surface area (Å²) in [6.07, 6.45) is 1.43. The zero-order valence-corrected chi connectivity index (χ0v) is 16.8. The van der Waals surface area contributed by atoms with Gasteiger partial charge in [-0.05, 0) is 23.6 Å². The van der Waals surface area contributed by atoms with E-state index in [2.05, 4.69) is 52.2 Å². The van der Waals surface area contributed by atoms with Crippen LogP contribution in [0.2, 0.25) is 0 Å². The summed E-state index contributed by atoms with van der Waals surface area (Å²) < 4.78 is 0. The van der Waals surface area contributed by atoms with Gasteiger partial charge in [0.2, 0.25) is 0 Å². The van der Waals surface area contributed by atoms with Gasteiger partial charge in [0.05, 0.1) is 11.9 Å². The van der Waals surface area contributed by atoms with Gasteiger partial charge in [-0.25, -0.2) is 4.98 Å². The number of oxime groups is 1. The monoisotopic (exact) mass is 396 g/mol. The number of pyridine rings is 1. The van der Waals surface area contributed by atoms with E-state index in [1.54, 1.807) is 0 Å². The molecule has 3 aromatic rings. The molecule has 1 aromatic heterocycles. The lowest BCUT2D eigenvalue weighted by molar-refractivity contribution is 0.271.